The van der Waals surface area contributed by atoms with E-state index < -0.39 is 23.9 Å². The van der Waals surface area contributed by atoms with Crippen LogP contribution in [0.25, 0.3) is 11.1 Å². The average molecular weight is 485 g/mol. The fourth-order valence-electron chi connectivity index (χ4n) is 4.49. The van der Waals surface area contributed by atoms with Crippen molar-refractivity contribution in [2.24, 2.45) is 0 Å². The van der Waals surface area contributed by atoms with Crippen molar-refractivity contribution in [1.29, 1.82) is 0 Å². The SMILES string of the molecule is CO[C@](C(=O)O[C@H]1CCC[C@@H](Oc2ccc(-c3ccccc3)cc2)C1)(c1ccccc1)C(F)(F)F. The number of carbonyl (C=O) groups is 1. The summed E-state index contributed by atoms with van der Waals surface area (Å²) in [5.74, 6) is -0.802. The minimum atomic E-state index is -4.99. The Hall–Kier alpha value is -3.32. The van der Waals surface area contributed by atoms with Gasteiger partial charge >= 0.3 is 12.1 Å². The van der Waals surface area contributed by atoms with Crippen molar-refractivity contribution in [1.82, 2.24) is 0 Å². The predicted molar refractivity (Wildman–Crippen MR) is 126 cm³/mol. The van der Waals surface area contributed by atoms with Gasteiger partial charge in [0.1, 0.15) is 18.0 Å². The third kappa shape index (κ3) is 5.35. The number of hydrogen-bond acceptors (Lipinski definition) is 4. The lowest BCUT2D eigenvalue weighted by atomic mass is 9.91. The van der Waals surface area contributed by atoms with Crippen LogP contribution in [0.5, 0.6) is 5.75 Å². The highest BCUT2D eigenvalue weighted by atomic mass is 19.4. The Bertz CT molecular complexity index is 1100. The molecule has 0 amide bonds. The molecule has 3 aromatic rings. The number of rotatable bonds is 7. The molecule has 0 radical (unpaired) electrons. The molecule has 4 nitrogen and oxygen atoms in total. The van der Waals surface area contributed by atoms with Crippen LogP contribution >= 0.6 is 0 Å². The molecular formula is C28H27F3O4. The first-order valence-electron chi connectivity index (χ1n) is 11.5. The molecule has 0 aromatic heterocycles. The Labute approximate surface area is 202 Å². The zero-order valence-electron chi connectivity index (χ0n) is 19.3. The van der Waals surface area contributed by atoms with Gasteiger partial charge in [-0.1, -0.05) is 72.8 Å². The molecule has 0 bridgehead atoms. The monoisotopic (exact) mass is 484 g/mol. The molecule has 184 valence electrons. The molecule has 0 spiro atoms. The van der Waals surface area contributed by atoms with Gasteiger partial charge in [-0.2, -0.15) is 13.2 Å². The third-order valence-electron chi connectivity index (χ3n) is 6.29. The molecule has 1 aliphatic rings. The van der Waals surface area contributed by atoms with Gasteiger partial charge in [-0.05, 0) is 42.5 Å². The molecule has 7 heteroatoms. The van der Waals surface area contributed by atoms with Crippen molar-refractivity contribution in [2.75, 3.05) is 7.11 Å². The van der Waals surface area contributed by atoms with E-state index in [1.807, 2.05) is 54.6 Å². The van der Waals surface area contributed by atoms with Gasteiger partial charge in [0.2, 0.25) is 0 Å². The van der Waals surface area contributed by atoms with Crippen LogP contribution in [0.3, 0.4) is 0 Å². The fraction of sp³-hybridized carbons (Fsp3) is 0.321. The normalized spacial score (nSPS) is 20.0. The fourth-order valence-corrected chi connectivity index (χ4v) is 4.49. The lowest BCUT2D eigenvalue weighted by molar-refractivity contribution is -0.278. The summed E-state index contributed by atoms with van der Waals surface area (Å²) >= 11 is 0. The molecular weight excluding hydrogens is 457 g/mol. The zero-order valence-corrected chi connectivity index (χ0v) is 19.3. The summed E-state index contributed by atoms with van der Waals surface area (Å²) in [6.07, 6.45) is -3.81. The molecule has 1 saturated carbocycles. The first-order chi connectivity index (χ1) is 16.8. The first kappa shape index (κ1) is 24.8. The van der Waals surface area contributed by atoms with E-state index in [-0.39, 0.29) is 11.7 Å². The van der Waals surface area contributed by atoms with E-state index in [2.05, 4.69) is 0 Å². The van der Waals surface area contributed by atoms with E-state index in [1.54, 1.807) is 6.07 Å². The first-order valence-corrected chi connectivity index (χ1v) is 11.5. The molecule has 0 aliphatic heterocycles. The maximum absolute atomic E-state index is 14.1. The number of alkyl halides is 3. The van der Waals surface area contributed by atoms with Gasteiger partial charge in [-0.25, -0.2) is 4.79 Å². The minimum Gasteiger partial charge on any atom is -0.490 e. The number of halogens is 3. The van der Waals surface area contributed by atoms with Crippen LogP contribution in [0, 0.1) is 0 Å². The second-order valence-electron chi connectivity index (χ2n) is 8.57. The highest BCUT2D eigenvalue weighted by molar-refractivity contribution is 5.82. The Morgan fingerprint density at radius 2 is 1.37 bits per heavy atom. The van der Waals surface area contributed by atoms with Crippen molar-refractivity contribution < 1.29 is 32.2 Å². The second-order valence-corrected chi connectivity index (χ2v) is 8.57. The standard InChI is InChI=1S/C28H27F3O4/c1-33-27(28(29,30)31,22-11-6-3-7-12-22)26(32)35-25-14-8-13-24(19-25)34-23-17-15-21(16-18-23)20-9-4-2-5-10-20/h2-7,9-12,15-18,24-25H,8,13-14,19H2,1H3/t24-,25+,27+/m1/s1. The number of benzene rings is 3. The van der Waals surface area contributed by atoms with Crippen LogP contribution in [0.1, 0.15) is 31.2 Å². The van der Waals surface area contributed by atoms with Gasteiger partial charge in [0.05, 0.1) is 0 Å². The van der Waals surface area contributed by atoms with Crippen LogP contribution in [-0.2, 0) is 19.9 Å². The van der Waals surface area contributed by atoms with Crippen LogP contribution < -0.4 is 4.74 Å². The van der Waals surface area contributed by atoms with E-state index in [4.69, 9.17) is 14.2 Å². The van der Waals surface area contributed by atoms with E-state index in [9.17, 15) is 18.0 Å². The van der Waals surface area contributed by atoms with Crippen molar-refractivity contribution >= 4 is 5.97 Å². The molecule has 3 aromatic carbocycles. The molecule has 0 unspecified atom stereocenters. The Kier molecular flexibility index (Phi) is 7.45. The third-order valence-corrected chi connectivity index (χ3v) is 6.29. The number of carbonyl (C=O) groups excluding carboxylic acids is 1. The molecule has 35 heavy (non-hydrogen) atoms. The maximum Gasteiger partial charge on any atom is 0.432 e. The molecule has 0 saturated heterocycles. The summed E-state index contributed by atoms with van der Waals surface area (Å²) in [5.41, 5.74) is -1.36. The van der Waals surface area contributed by atoms with Gasteiger partial charge in [0.25, 0.3) is 5.60 Å². The van der Waals surface area contributed by atoms with Crippen molar-refractivity contribution in [3.05, 3.63) is 90.5 Å². The Morgan fingerprint density at radius 1 is 0.800 bits per heavy atom. The minimum absolute atomic E-state index is 0.274. The highest BCUT2D eigenvalue weighted by Gasteiger charge is 2.64. The lowest BCUT2D eigenvalue weighted by Crippen LogP contribution is -2.53. The van der Waals surface area contributed by atoms with Crippen LogP contribution in [0.15, 0.2) is 84.9 Å². The van der Waals surface area contributed by atoms with Gasteiger partial charge in [-0.3, -0.25) is 0 Å². The van der Waals surface area contributed by atoms with Gasteiger partial charge in [-0.15, -0.1) is 0 Å². The van der Waals surface area contributed by atoms with E-state index >= 15 is 0 Å². The summed E-state index contributed by atoms with van der Waals surface area (Å²) in [5, 5.41) is 0. The lowest BCUT2D eigenvalue weighted by Gasteiger charge is -2.35. The molecule has 4 rings (SSSR count). The Morgan fingerprint density at radius 3 is 1.97 bits per heavy atom. The summed E-state index contributed by atoms with van der Waals surface area (Å²) in [7, 11) is 0.869. The van der Waals surface area contributed by atoms with E-state index in [0.717, 1.165) is 24.7 Å². The molecule has 1 aliphatic carbocycles. The smallest absolute Gasteiger partial charge is 0.432 e. The average Bonchev–Trinajstić information content (AvgIpc) is 2.86. The van der Waals surface area contributed by atoms with Crippen molar-refractivity contribution in [2.45, 2.75) is 49.7 Å². The van der Waals surface area contributed by atoms with Crippen LogP contribution in [0.4, 0.5) is 13.2 Å². The zero-order chi connectivity index (χ0) is 24.9. The largest absolute Gasteiger partial charge is 0.490 e. The number of esters is 1. The van der Waals surface area contributed by atoms with E-state index in [1.165, 1.54) is 24.3 Å². The maximum atomic E-state index is 14.1. The number of methoxy groups -OCH3 is 1. The quantitative estimate of drug-likeness (QED) is 0.351. The van der Waals surface area contributed by atoms with Crippen molar-refractivity contribution in [3.63, 3.8) is 0 Å². The van der Waals surface area contributed by atoms with Gasteiger partial charge < -0.3 is 14.2 Å². The Balaban J connectivity index is 1.43. The van der Waals surface area contributed by atoms with Crippen molar-refractivity contribution in [3.8, 4) is 16.9 Å². The van der Waals surface area contributed by atoms with Gasteiger partial charge in [0, 0.05) is 19.1 Å². The van der Waals surface area contributed by atoms with Crippen LogP contribution in [-0.4, -0.2) is 31.5 Å². The molecule has 0 N–H and O–H groups in total. The topological polar surface area (TPSA) is 44.8 Å². The molecule has 3 atom stereocenters. The number of ether oxygens (including phenoxy) is 3. The summed E-state index contributed by atoms with van der Waals surface area (Å²) in [6.45, 7) is 0. The highest BCUT2D eigenvalue weighted by Crippen LogP contribution is 2.43. The molecule has 0 heterocycles. The van der Waals surface area contributed by atoms with Gasteiger partial charge in [0.15, 0.2) is 0 Å². The summed E-state index contributed by atoms with van der Waals surface area (Å²) in [4.78, 5) is 12.9. The molecule has 1 fully saturated rings. The second kappa shape index (κ2) is 10.5. The number of hydrogen-bond donors (Lipinski definition) is 0. The summed E-state index contributed by atoms with van der Waals surface area (Å²) < 4.78 is 58.7. The summed E-state index contributed by atoms with van der Waals surface area (Å²) in [6, 6.07) is 24.4. The van der Waals surface area contributed by atoms with E-state index in [0.29, 0.717) is 25.0 Å². The predicted octanol–water partition coefficient (Wildman–Crippen LogP) is 6.69. The van der Waals surface area contributed by atoms with Crippen LogP contribution in [0.2, 0.25) is 0 Å².